The number of nitrogens with zero attached hydrogens (tertiary/aromatic N) is 5. The smallest absolute Gasteiger partial charge is 0.226 e. The lowest BCUT2D eigenvalue weighted by Gasteiger charge is -2.12. The minimum absolute atomic E-state index is 0.311. The van der Waals surface area contributed by atoms with Crippen molar-refractivity contribution in [2.24, 2.45) is 5.92 Å². The normalized spacial score (nSPS) is 11.3. The van der Waals surface area contributed by atoms with Gasteiger partial charge in [-0.3, -0.25) is 0 Å². The number of thioether (sulfide) groups is 1. The summed E-state index contributed by atoms with van der Waals surface area (Å²) in [7, 11) is 0. The molecule has 0 unspecified atom stereocenters. The molecule has 154 valence electrons. The summed E-state index contributed by atoms with van der Waals surface area (Å²) in [5.74, 6) is 2.14. The second kappa shape index (κ2) is 9.21. The minimum Gasteiger partial charge on any atom is -0.424 e. The van der Waals surface area contributed by atoms with E-state index in [9.17, 15) is 4.39 Å². The van der Waals surface area contributed by atoms with Crippen LogP contribution in [0.15, 0.2) is 64.2 Å². The Kier molecular flexibility index (Phi) is 6.23. The molecular formula is C22H22FN5OS. The van der Waals surface area contributed by atoms with Crippen molar-refractivity contribution in [2.45, 2.75) is 37.7 Å². The monoisotopic (exact) mass is 423 g/mol. The molecule has 2 aromatic carbocycles. The molecule has 0 N–H and O–H groups in total. The van der Waals surface area contributed by atoms with Gasteiger partial charge in [-0.15, -0.1) is 20.4 Å². The SMILES string of the molecule is CC(C)Cn1c(SCc2nnc(Cc3ccccc3)o2)nnc1-c1ccccc1F. The van der Waals surface area contributed by atoms with E-state index >= 15 is 0 Å². The topological polar surface area (TPSA) is 69.6 Å². The first-order valence-corrected chi connectivity index (χ1v) is 10.7. The molecule has 8 heteroatoms. The van der Waals surface area contributed by atoms with Crippen molar-refractivity contribution in [3.8, 4) is 11.4 Å². The minimum atomic E-state index is -0.311. The van der Waals surface area contributed by atoms with Gasteiger partial charge < -0.3 is 8.98 Å². The Morgan fingerprint density at radius 1 is 0.933 bits per heavy atom. The molecule has 0 saturated carbocycles. The van der Waals surface area contributed by atoms with Crippen LogP contribution in [0.4, 0.5) is 4.39 Å². The summed E-state index contributed by atoms with van der Waals surface area (Å²) < 4.78 is 22.0. The number of halogens is 1. The molecule has 0 bridgehead atoms. The maximum Gasteiger partial charge on any atom is 0.226 e. The van der Waals surface area contributed by atoms with Crippen LogP contribution in [-0.4, -0.2) is 25.0 Å². The van der Waals surface area contributed by atoms with E-state index in [4.69, 9.17) is 4.42 Å². The molecule has 4 rings (SSSR count). The van der Waals surface area contributed by atoms with E-state index in [1.54, 1.807) is 18.2 Å². The Morgan fingerprint density at radius 2 is 1.67 bits per heavy atom. The zero-order valence-electron chi connectivity index (χ0n) is 16.8. The lowest BCUT2D eigenvalue weighted by molar-refractivity contribution is 0.473. The summed E-state index contributed by atoms with van der Waals surface area (Å²) in [5.41, 5.74) is 1.56. The van der Waals surface area contributed by atoms with Gasteiger partial charge in [-0.2, -0.15) is 0 Å². The lowest BCUT2D eigenvalue weighted by Crippen LogP contribution is -2.08. The number of hydrogen-bond acceptors (Lipinski definition) is 6. The second-order valence-electron chi connectivity index (χ2n) is 7.33. The fourth-order valence-electron chi connectivity index (χ4n) is 3.08. The number of hydrogen-bond donors (Lipinski definition) is 0. The van der Waals surface area contributed by atoms with Gasteiger partial charge in [0.15, 0.2) is 11.0 Å². The van der Waals surface area contributed by atoms with E-state index in [2.05, 4.69) is 34.2 Å². The molecule has 30 heavy (non-hydrogen) atoms. The van der Waals surface area contributed by atoms with Gasteiger partial charge in [-0.25, -0.2) is 4.39 Å². The van der Waals surface area contributed by atoms with Crippen molar-refractivity contribution in [1.82, 2.24) is 25.0 Å². The van der Waals surface area contributed by atoms with Gasteiger partial charge in [0.25, 0.3) is 0 Å². The average molecular weight is 424 g/mol. The maximum atomic E-state index is 14.3. The van der Waals surface area contributed by atoms with Crippen LogP contribution in [0.3, 0.4) is 0 Å². The van der Waals surface area contributed by atoms with E-state index < -0.39 is 0 Å². The van der Waals surface area contributed by atoms with Crippen molar-refractivity contribution in [3.05, 3.63) is 77.8 Å². The van der Waals surface area contributed by atoms with Gasteiger partial charge in [-0.05, 0) is 23.6 Å². The summed E-state index contributed by atoms with van der Waals surface area (Å²) in [4.78, 5) is 0. The van der Waals surface area contributed by atoms with E-state index in [1.165, 1.54) is 17.8 Å². The predicted octanol–water partition coefficient (Wildman–Crippen LogP) is 5.01. The Bertz CT molecular complexity index is 1110. The standard InChI is InChI=1S/C22H22FN5OS/c1-15(2)13-28-21(17-10-6-7-11-18(17)23)26-27-22(28)30-14-20-25-24-19(29-20)12-16-8-4-3-5-9-16/h3-11,15H,12-14H2,1-2H3. The van der Waals surface area contributed by atoms with Crippen LogP contribution in [0.2, 0.25) is 0 Å². The third-order valence-corrected chi connectivity index (χ3v) is 5.36. The largest absolute Gasteiger partial charge is 0.424 e. The number of rotatable bonds is 8. The molecule has 0 spiro atoms. The van der Waals surface area contributed by atoms with Crippen molar-refractivity contribution >= 4 is 11.8 Å². The molecule has 0 aliphatic carbocycles. The van der Waals surface area contributed by atoms with Crippen molar-refractivity contribution < 1.29 is 8.81 Å². The van der Waals surface area contributed by atoms with Crippen LogP contribution in [0.1, 0.15) is 31.2 Å². The first-order chi connectivity index (χ1) is 14.6. The number of aromatic nitrogens is 5. The van der Waals surface area contributed by atoms with E-state index in [-0.39, 0.29) is 5.82 Å². The Balaban J connectivity index is 1.50. The highest BCUT2D eigenvalue weighted by Crippen LogP contribution is 2.28. The molecule has 4 aromatic rings. The third-order valence-electron chi connectivity index (χ3n) is 4.41. The molecule has 6 nitrogen and oxygen atoms in total. The number of benzene rings is 2. The molecule has 2 heterocycles. The molecule has 0 atom stereocenters. The van der Waals surface area contributed by atoms with Crippen LogP contribution in [0.25, 0.3) is 11.4 Å². The molecule has 0 fully saturated rings. The first-order valence-electron chi connectivity index (χ1n) is 9.76. The van der Waals surface area contributed by atoms with Gasteiger partial charge in [0.1, 0.15) is 5.82 Å². The van der Waals surface area contributed by atoms with E-state index in [0.717, 1.165) is 5.56 Å². The molecule has 0 amide bonds. The summed E-state index contributed by atoms with van der Waals surface area (Å²) in [6.07, 6.45) is 0.597. The average Bonchev–Trinajstić information content (AvgIpc) is 3.34. The summed E-state index contributed by atoms with van der Waals surface area (Å²) in [6, 6.07) is 16.6. The molecular weight excluding hydrogens is 401 g/mol. The fraction of sp³-hybridized carbons (Fsp3) is 0.273. The summed E-state index contributed by atoms with van der Waals surface area (Å²) in [5, 5.41) is 17.5. The molecule has 0 saturated heterocycles. The van der Waals surface area contributed by atoms with E-state index in [0.29, 0.717) is 53.0 Å². The third kappa shape index (κ3) is 4.76. The van der Waals surface area contributed by atoms with Crippen LogP contribution in [-0.2, 0) is 18.7 Å². The molecule has 0 radical (unpaired) electrons. The zero-order chi connectivity index (χ0) is 20.9. The van der Waals surface area contributed by atoms with Crippen LogP contribution in [0, 0.1) is 11.7 Å². The Hall–Kier alpha value is -3.00. The maximum absolute atomic E-state index is 14.3. The fourth-order valence-corrected chi connectivity index (χ4v) is 3.87. The van der Waals surface area contributed by atoms with Crippen molar-refractivity contribution in [1.29, 1.82) is 0 Å². The summed E-state index contributed by atoms with van der Waals surface area (Å²) in [6.45, 7) is 4.89. The molecule has 2 aromatic heterocycles. The molecule has 0 aliphatic heterocycles. The highest BCUT2D eigenvalue weighted by Gasteiger charge is 2.19. The Morgan fingerprint density at radius 3 is 2.43 bits per heavy atom. The van der Waals surface area contributed by atoms with E-state index in [1.807, 2.05) is 34.9 Å². The predicted molar refractivity (Wildman–Crippen MR) is 113 cm³/mol. The molecule has 0 aliphatic rings. The lowest BCUT2D eigenvalue weighted by atomic mass is 10.2. The van der Waals surface area contributed by atoms with Crippen molar-refractivity contribution in [2.75, 3.05) is 0 Å². The van der Waals surface area contributed by atoms with Gasteiger partial charge in [-0.1, -0.05) is 68.1 Å². The highest BCUT2D eigenvalue weighted by molar-refractivity contribution is 7.98. The van der Waals surface area contributed by atoms with Crippen LogP contribution >= 0.6 is 11.8 Å². The Labute approximate surface area is 178 Å². The summed E-state index contributed by atoms with van der Waals surface area (Å²) >= 11 is 1.45. The van der Waals surface area contributed by atoms with Gasteiger partial charge >= 0.3 is 0 Å². The van der Waals surface area contributed by atoms with Crippen LogP contribution < -0.4 is 0 Å². The van der Waals surface area contributed by atoms with Crippen LogP contribution in [0.5, 0.6) is 0 Å². The quantitative estimate of drug-likeness (QED) is 0.371. The van der Waals surface area contributed by atoms with Gasteiger partial charge in [0.2, 0.25) is 11.8 Å². The highest BCUT2D eigenvalue weighted by atomic mass is 32.2. The van der Waals surface area contributed by atoms with Gasteiger partial charge in [0.05, 0.1) is 17.7 Å². The first kappa shape index (κ1) is 20.3. The van der Waals surface area contributed by atoms with Crippen molar-refractivity contribution in [3.63, 3.8) is 0 Å². The zero-order valence-corrected chi connectivity index (χ0v) is 17.6. The second-order valence-corrected chi connectivity index (χ2v) is 8.27. The van der Waals surface area contributed by atoms with Gasteiger partial charge in [0, 0.05) is 6.54 Å².